The van der Waals surface area contributed by atoms with E-state index < -0.39 is 0 Å². The minimum absolute atomic E-state index is 0.389. The molecule has 0 saturated heterocycles. The Hall–Kier alpha value is -0.600. The number of rotatable bonds is 0. The molecule has 70 valence electrons. The number of nitrogens with one attached hydrogen (secondary N) is 1. The van der Waals surface area contributed by atoms with E-state index in [1.807, 2.05) is 6.92 Å². The summed E-state index contributed by atoms with van der Waals surface area (Å²) in [5, 5.41) is 4.17. The lowest BCUT2D eigenvalue weighted by Crippen LogP contribution is -2.07. The van der Waals surface area contributed by atoms with Crippen LogP contribution >= 0.6 is 11.6 Å². The number of nitrogens with zero attached hydrogens (tertiary/aromatic N) is 1. The summed E-state index contributed by atoms with van der Waals surface area (Å²) in [5.41, 5.74) is 4.57. The van der Waals surface area contributed by atoms with Gasteiger partial charge in [-0.1, -0.05) is 11.6 Å². The van der Waals surface area contributed by atoms with Gasteiger partial charge in [0.1, 0.15) is 0 Å². The molecule has 1 unspecified atom stereocenters. The van der Waals surface area contributed by atoms with Crippen molar-refractivity contribution in [3.63, 3.8) is 0 Å². The number of aryl methyl sites for hydroxylation is 1. The molecule has 2 rings (SSSR count). The fourth-order valence-corrected chi connectivity index (χ4v) is 2.12. The molecular weight excluding hydrogens is 184 g/mol. The second-order valence-electron chi connectivity index (χ2n) is 3.60. The predicted molar refractivity (Wildman–Crippen MR) is 54.0 cm³/mol. The van der Waals surface area contributed by atoms with Crippen molar-refractivity contribution in [2.75, 3.05) is 0 Å². The van der Waals surface area contributed by atoms with E-state index in [4.69, 9.17) is 11.6 Å². The van der Waals surface area contributed by atoms with Crippen molar-refractivity contribution in [2.45, 2.75) is 33.4 Å². The number of aromatic nitrogens is 1. The van der Waals surface area contributed by atoms with E-state index in [-0.39, 0.29) is 0 Å². The van der Waals surface area contributed by atoms with Crippen molar-refractivity contribution in [3.05, 3.63) is 27.5 Å². The van der Waals surface area contributed by atoms with Gasteiger partial charge in [0.05, 0.1) is 16.4 Å². The van der Waals surface area contributed by atoms with Crippen LogP contribution in [0.2, 0.25) is 5.02 Å². The Morgan fingerprint density at radius 2 is 2.15 bits per heavy atom. The van der Waals surface area contributed by atoms with Crippen molar-refractivity contribution in [3.8, 4) is 0 Å². The van der Waals surface area contributed by atoms with Crippen LogP contribution in [-0.4, -0.2) is 4.98 Å². The summed E-state index contributed by atoms with van der Waals surface area (Å²) in [4.78, 5) is 4.47. The van der Waals surface area contributed by atoms with Gasteiger partial charge in [0, 0.05) is 12.6 Å². The topological polar surface area (TPSA) is 24.9 Å². The molecule has 1 atom stereocenters. The van der Waals surface area contributed by atoms with Crippen LogP contribution in [0.4, 0.5) is 0 Å². The van der Waals surface area contributed by atoms with Crippen LogP contribution in [0.25, 0.3) is 0 Å². The zero-order valence-corrected chi connectivity index (χ0v) is 8.87. The standard InChI is InChI=1S/C10H13ClN2/c1-5-9-6(2)12-4-8(9)13-7(3)10(5)11/h6,12H,4H2,1-3H3. The first-order valence-electron chi connectivity index (χ1n) is 4.50. The highest BCUT2D eigenvalue weighted by Gasteiger charge is 2.23. The molecular formula is C10H13ClN2. The van der Waals surface area contributed by atoms with Crippen LogP contribution in [0.5, 0.6) is 0 Å². The van der Waals surface area contributed by atoms with Crippen molar-refractivity contribution in [1.82, 2.24) is 10.3 Å². The molecule has 0 spiro atoms. The Morgan fingerprint density at radius 1 is 1.46 bits per heavy atom. The van der Waals surface area contributed by atoms with E-state index in [2.05, 4.69) is 24.1 Å². The third-order valence-electron chi connectivity index (χ3n) is 2.67. The maximum atomic E-state index is 6.14. The third-order valence-corrected chi connectivity index (χ3v) is 3.23. The second kappa shape index (κ2) is 2.96. The van der Waals surface area contributed by atoms with Gasteiger partial charge >= 0.3 is 0 Å². The number of fused-ring (bicyclic) bond motifs is 1. The number of hydrogen-bond donors (Lipinski definition) is 1. The fourth-order valence-electron chi connectivity index (χ4n) is 1.98. The van der Waals surface area contributed by atoms with Crippen LogP contribution < -0.4 is 5.32 Å². The summed E-state index contributed by atoms with van der Waals surface area (Å²) in [7, 11) is 0. The molecule has 0 fully saturated rings. The van der Waals surface area contributed by atoms with E-state index >= 15 is 0 Å². The molecule has 13 heavy (non-hydrogen) atoms. The van der Waals surface area contributed by atoms with Crippen LogP contribution in [0.3, 0.4) is 0 Å². The minimum atomic E-state index is 0.389. The molecule has 1 aromatic heterocycles. The molecule has 0 aromatic carbocycles. The molecule has 1 aromatic rings. The van der Waals surface area contributed by atoms with E-state index in [0.717, 1.165) is 23.0 Å². The average Bonchev–Trinajstić information content (AvgIpc) is 2.43. The number of pyridine rings is 1. The Bertz CT molecular complexity index is 360. The largest absolute Gasteiger partial charge is 0.304 e. The molecule has 0 saturated carbocycles. The SMILES string of the molecule is Cc1nc2c(c(C)c1Cl)C(C)NC2. The molecule has 2 nitrogen and oxygen atoms in total. The Labute approximate surface area is 83.3 Å². The lowest BCUT2D eigenvalue weighted by Gasteiger charge is -2.10. The molecule has 0 bridgehead atoms. The first-order chi connectivity index (χ1) is 6.11. The minimum Gasteiger partial charge on any atom is -0.304 e. The van der Waals surface area contributed by atoms with E-state index in [1.165, 1.54) is 11.1 Å². The first-order valence-corrected chi connectivity index (χ1v) is 4.88. The van der Waals surface area contributed by atoms with Crippen molar-refractivity contribution >= 4 is 11.6 Å². The predicted octanol–water partition coefficient (Wildman–Crippen LogP) is 2.52. The molecule has 0 amide bonds. The zero-order valence-electron chi connectivity index (χ0n) is 8.11. The third kappa shape index (κ3) is 1.25. The highest BCUT2D eigenvalue weighted by molar-refractivity contribution is 6.32. The van der Waals surface area contributed by atoms with Crippen LogP contribution in [0.1, 0.15) is 35.5 Å². The summed E-state index contributed by atoms with van der Waals surface area (Å²) in [5.74, 6) is 0. The number of hydrogen-bond acceptors (Lipinski definition) is 2. The van der Waals surface area contributed by atoms with Gasteiger partial charge in [-0.15, -0.1) is 0 Å². The molecule has 1 N–H and O–H groups in total. The molecule has 1 aliphatic rings. The molecule has 2 heterocycles. The lowest BCUT2D eigenvalue weighted by molar-refractivity contribution is 0.630. The van der Waals surface area contributed by atoms with Gasteiger partial charge in [0.2, 0.25) is 0 Å². The average molecular weight is 197 g/mol. The quantitative estimate of drug-likeness (QED) is 0.690. The summed E-state index contributed by atoms with van der Waals surface area (Å²) in [6.45, 7) is 7.04. The molecule has 1 aliphatic heterocycles. The van der Waals surface area contributed by atoms with Crippen LogP contribution in [0, 0.1) is 13.8 Å². The van der Waals surface area contributed by atoms with Gasteiger partial charge in [-0.05, 0) is 31.9 Å². The lowest BCUT2D eigenvalue weighted by atomic mass is 10.0. The van der Waals surface area contributed by atoms with E-state index in [1.54, 1.807) is 0 Å². The van der Waals surface area contributed by atoms with E-state index in [9.17, 15) is 0 Å². The first kappa shape index (κ1) is 8.97. The maximum Gasteiger partial charge on any atom is 0.0651 e. The summed E-state index contributed by atoms with van der Waals surface area (Å²) >= 11 is 6.14. The summed E-state index contributed by atoms with van der Waals surface area (Å²) in [6, 6.07) is 0.389. The van der Waals surface area contributed by atoms with Gasteiger partial charge in [-0.25, -0.2) is 0 Å². The Kier molecular flexibility index (Phi) is 2.05. The van der Waals surface area contributed by atoms with E-state index in [0.29, 0.717) is 6.04 Å². The smallest absolute Gasteiger partial charge is 0.0651 e. The van der Waals surface area contributed by atoms with Gasteiger partial charge in [0.25, 0.3) is 0 Å². The monoisotopic (exact) mass is 196 g/mol. The van der Waals surface area contributed by atoms with Gasteiger partial charge in [0.15, 0.2) is 0 Å². The van der Waals surface area contributed by atoms with Crippen molar-refractivity contribution < 1.29 is 0 Å². The second-order valence-corrected chi connectivity index (χ2v) is 3.98. The summed E-state index contributed by atoms with van der Waals surface area (Å²) < 4.78 is 0. The molecule has 3 heteroatoms. The normalized spacial score (nSPS) is 20.5. The van der Waals surface area contributed by atoms with Crippen molar-refractivity contribution in [2.24, 2.45) is 0 Å². The fraction of sp³-hybridized carbons (Fsp3) is 0.500. The number of halogens is 1. The van der Waals surface area contributed by atoms with Crippen molar-refractivity contribution in [1.29, 1.82) is 0 Å². The summed E-state index contributed by atoms with van der Waals surface area (Å²) in [6.07, 6.45) is 0. The zero-order chi connectivity index (χ0) is 9.59. The highest BCUT2D eigenvalue weighted by atomic mass is 35.5. The Balaban J connectivity index is 2.68. The van der Waals surface area contributed by atoms with Crippen LogP contribution in [-0.2, 0) is 6.54 Å². The van der Waals surface area contributed by atoms with Gasteiger partial charge in [-0.3, -0.25) is 4.98 Å². The molecule has 0 aliphatic carbocycles. The Morgan fingerprint density at radius 3 is 2.85 bits per heavy atom. The highest BCUT2D eigenvalue weighted by Crippen LogP contribution is 2.32. The van der Waals surface area contributed by atoms with Gasteiger partial charge in [-0.2, -0.15) is 0 Å². The van der Waals surface area contributed by atoms with Gasteiger partial charge < -0.3 is 5.32 Å². The van der Waals surface area contributed by atoms with Crippen LogP contribution in [0.15, 0.2) is 0 Å². The maximum absolute atomic E-state index is 6.14. The molecule has 0 radical (unpaired) electrons.